The second kappa shape index (κ2) is 4.88. The number of thiazole rings is 1. The average molecular weight is 258 g/mol. The Bertz CT molecular complexity index is 623. The van der Waals surface area contributed by atoms with Crippen LogP contribution in [0.15, 0.2) is 36.7 Å². The molecule has 18 heavy (non-hydrogen) atoms. The summed E-state index contributed by atoms with van der Waals surface area (Å²) in [6, 6.07) is 8.21. The maximum absolute atomic E-state index is 4.61. The summed E-state index contributed by atoms with van der Waals surface area (Å²) in [6.45, 7) is 1.59. The second-order valence-corrected chi connectivity index (χ2v) is 5.27. The van der Waals surface area contributed by atoms with Crippen LogP contribution in [0.3, 0.4) is 0 Å². The molecular formula is C13H14N4S. The molecule has 0 unspecified atom stereocenters. The molecule has 3 rings (SSSR count). The molecule has 0 aliphatic carbocycles. The molecule has 3 aromatic rings. The van der Waals surface area contributed by atoms with E-state index >= 15 is 0 Å². The first kappa shape index (κ1) is 11.4. The van der Waals surface area contributed by atoms with Crippen LogP contribution in [0, 0.1) is 0 Å². The fourth-order valence-corrected chi connectivity index (χ4v) is 2.87. The van der Waals surface area contributed by atoms with Crippen LogP contribution in [0.5, 0.6) is 0 Å². The molecule has 1 N–H and O–H groups in total. The van der Waals surface area contributed by atoms with Crippen molar-refractivity contribution in [3.8, 4) is 0 Å². The molecule has 0 aliphatic heterocycles. The summed E-state index contributed by atoms with van der Waals surface area (Å²) in [6.07, 6.45) is 3.95. The van der Waals surface area contributed by atoms with Gasteiger partial charge in [0.05, 0.1) is 23.0 Å². The maximum atomic E-state index is 4.61. The van der Waals surface area contributed by atoms with Crippen LogP contribution in [0.25, 0.3) is 10.2 Å². The molecule has 0 atom stereocenters. The number of nitrogens with one attached hydrogen (secondary N) is 1. The van der Waals surface area contributed by atoms with Crippen molar-refractivity contribution in [1.29, 1.82) is 0 Å². The molecule has 2 heterocycles. The van der Waals surface area contributed by atoms with Crippen LogP contribution in [0.1, 0.15) is 10.6 Å². The second-order valence-electron chi connectivity index (χ2n) is 4.15. The molecule has 0 bridgehead atoms. The van der Waals surface area contributed by atoms with Gasteiger partial charge in [-0.1, -0.05) is 12.1 Å². The zero-order chi connectivity index (χ0) is 12.4. The summed E-state index contributed by atoms with van der Waals surface area (Å²) in [5, 5.41) is 8.55. The molecule has 1 aromatic carbocycles. The van der Waals surface area contributed by atoms with Gasteiger partial charge in [0.1, 0.15) is 5.01 Å². The van der Waals surface area contributed by atoms with E-state index in [0.717, 1.165) is 23.6 Å². The number of hydrogen-bond acceptors (Lipinski definition) is 4. The average Bonchev–Trinajstić information content (AvgIpc) is 2.96. The maximum Gasteiger partial charge on any atom is 0.115 e. The number of nitrogens with zero attached hydrogens (tertiary/aromatic N) is 3. The van der Waals surface area contributed by atoms with Crippen molar-refractivity contribution in [3.05, 3.63) is 47.2 Å². The van der Waals surface area contributed by atoms with Gasteiger partial charge in [0.2, 0.25) is 0 Å². The molecule has 0 fully saturated rings. The van der Waals surface area contributed by atoms with Gasteiger partial charge in [0, 0.05) is 18.3 Å². The fraction of sp³-hybridized carbons (Fsp3) is 0.231. The Kier molecular flexibility index (Phi) is 3.08. The highest BCUT2D eigenvalue weighted by Gasteiger charge is 2.05. The third-order valence-corrected chi connectivity index (χ3v) is 3.72. The van der Waals surface area contributed by atoms with Crippen molar-refractivity contribution in [3.63, 3.8) is 0 Å². The van der Waals surface area contributed by atoms with Gasteiger partial charge in [-0.3, -0.25) is 4.68 Å². The predicted octanol–water partition coefficient (Wildman–Crippen LogP) is 2.26. The molecule has 4 nitrogen and oxygen atoms in total. The van der Waals surface area contributed by atoms with E-state index < -0.39 is 0 Å². The van der Waals surface area contributed by atoms with Gasteiger partial charge < -0.3 is 5.32 Å². The summed E-state index contributed by atoms with van der Waals surface area (Å²) in [7, 11) is 1.94. The minimum atomic E-state index is 0.739. The van der Waals surface area contributed by atoms with E-state index in [-0.39, 0.29) is 0 Å². The molecule has 0 radical (unpaired) electrons. The number of fused-ring (bicyclic) bond motifs is 1. The summed E-state index contributed by atoms with van der Waals surface area (Å²) < 4.78 is 3.17. The monoisotopic (exact) mass is 258 g/mol. The summed E-state index contributed by atoms with van der Waals surface area (Å²) in [5.41, 5.74) is 2.26. The van der Waals surface area contributed by atoms with Gasteiger partial charge in [0.15, 0.2) is 0 Å². The molecule has 5 heteroatoms. The summed E-state index contributed by atoms with van der Waals surface area (Å²) >= 11 is 1.73. The molecule has 2 aromatic heterocycles. The van der Waals surface area contributed by atoms with Gasteiger partial charge in [-0.25, -0.2) is 4.98 Å². The predicted molar refractivity (Wildman–Crippen MR) is 73.7 cm³/mol. The Morgan fingerprint density at radius 1 is 1.33 bits per heavy atom. The summed E-state index contributed by atoms with van der Waals surface area (Å²) in [4.78, 5) is 4.61. The van der Waals surface area contributed by atoms with Gasteiger partial charge >= 0.3 is 0 Å². The fourth-order valence-electron chi connectivity index (χ4n) is 1.91. The Morgan fingerprint density at radius 2 is 2.22 bits per heavy atom. The Labute approximate surface area is 109 Å². The van der Waals surface area contributed by atoms with Crippen LogP contribution in [0.4, 0.5) is 0 Å². The van der Waals surface area contributed by atoms with Crippen molar-refractivity contribution in [2.24, 2.45) is 0 Å². The number of hydrogen-bond donors (Lipinski definition) is 1. The zero-order valence-electron chi connectivity index (χ0n) is 10.1. The molecule has 0 spiro atoms. The van der Waals surface area contributed by atoms with Gasteiger partial charge in [0.25, 0.3) is 0 Å². The Morgan fingerprint density at radius 3 is 3.06 bits per heavy atom. The first-order valence-electron chi connectivity index (χ1n) is 5.85. The van der Waals surface area contributed by atoms with Crippen LogP contribution in [-0.4, -0.2) is 21.8 Å². The molecule has 0 saturated heterocycles. The lowest BCUT2D eigenvalue weighted by Crippen LogP contribution is -2.04. The zero-order valence-corrected chi connectivity index (χ0v) is 10.9. The van der Waals surface area contributed by atoms with E-state index in [0.29, 0.717) is 0 Å². The molecular weight excluding hydrogens is 244 g/mol. The number of rotatable bonds is 4. The lowest BCUT2D eigenvalue weighted by molar-refractivity contribution is 0.683. The van der Waals surface area contributed by atoms with Crippen LogP contribution in [0.2, 0.25) is 0 Å². The molecule has 92 valence electrons. The van der Waals surface area contributed by atoms with Gasteiger partial charge in [-0.2, -0.15) is 5.10 Å². The van der Waals surface area contributed by atoms with Crippen molar-refractivity contribution in [2.45, 2.75) is 13.1 Å². The summed E-state index contributed by atoms with van der Waals surface area (Å²) in [5.74, 6) is 0. The topological polar surface area (TPSA) is 42.7 Å². The quantitative estimate of drug-likeness (QED) is 0.780. The third-order valence-electron chi connectivity index (χ3n) is 2.70. The van der Waals surface area contributed by atoms with E-state index in [4.69, 9.17) is 0 Å². The lowest BCUT2D eigenvalue weighted by atomic mass is 10.3. The van der Waals surface area contributed by atoms with E-state index in [1.54, 1.807) is 11.3 Å². The normalized spacial score (nSPS) is 11.2. The first-order chi connectivity index (χ1) is 8.85. The van der Waals surface area contributed by atoms with Crippen LogP contribution in [-0.2, 0) is 13.1 Å². The Hall–Kier alpha value is -1.72. The minimum absolute atomic E-state index is 0.739. The van der Waals surface area contributed by atoms with Crippen LogP contribution >= 0.6 is 11.3 Å². The van der Waals surface area contributed by atoms with Crippen molar-refractivity contribution >= 4 is 21.6 Å². The van der Waals surface area contributed by atoms with E-state index in [9.17, 15) is 0 Å². The minimum Gasteiger partial charge on any atom is -0.316 e. The highest BCUT2D eigenvalue weighted by atomic mass is 32.1. The van der Waals surface area contributed by atoms with Crippen LogP contribution < -0.4 is 5.32 Å². The number of para-hydroxylation sites is 1. The lowest BCUT2D eigenvalue weighted by Gasteiger charge is -1.96. The SMILES string of the molecule is CNCc1cnn(Cc2nc3ccccc3s2)c1. The molecule has 0 aliphatic rings. The largest absolute Gasteiger partial charge is 0.316 e. The highest BCUT2D eigenvalue weighted by Crippen LogP contribution is 2.21. The van der Waals surface area contributed by atoms with Crippen molar-refractivity contribution in [1.82, 2.24) is 20.1 Å². The van der Waals surface area contributed by atoms with Gasteiger partial charge in [-0.15, -0.1) is 11.3 Å². The standard InChI is InChI=1S/C13H14N4S/c1-14-6-10-7-15-17(8-10)9-13-16-11-4-2-3-5-12(11)18-13/h2-5,7-8,14H,6,9H2,1H3. The third kappa shape index (κ3) is 2.27. The van der Waals surface area contributed by atoms with E-state index in [2.05, 4.69) is 27.7 Å². The van der Waals surface area contributed by atoms with Crippen molar-refractivity contribution < 1.29 is 0 Å². The first-order valence-corrected chi connectivity index (χ1v) is 6.67. The molecule has 0 saturated carbocycles. The van der Waals surface area contributed by atoms with Gasteiger partial charge in [-0.05, 0) is 19.2 Å². The van der Waals surface area contributed by atoms with E-state index in [1.807, 2.05) is 36.1 Å². The van der Waals surface area contributed by atoms with E-state index in [1.165, 1.54) is 10.3 Å². The smallest absolute Gasteiger partial charge is 0.115 e. The number of aromatic nitrogens is 3. The highest BCUT2D eigenvalue weighted by molar-refractivity contribution is 7.18. The van der Waals surface area contributed by atoms with Crippen molar-refractivity contribution in [2.75, 3.05) is 7.05 Å². The Balaban J connectivity index is 1.82. The number of benzene rings is 1. The molecule has 0 amide bonds.